The number of aryl methyl sites for hydroxylation is 1. The van der Waals surface area contributed by atoms with Crippen molar-refractivity contribution >= 4 is 23.2 Å². The van der Waals surface area contributed by atoms with E-state index in [-0.39, 0.29) is 5.91 Å². The Bertz CT molecular complexity index is 894. The first-order valence-electron chi connectivity index (χ1n) is 8.31. The quantitative estimate of drug-likeness (QED) is 0.704. The zero-order valence-corrected chi connectivity index (χ0v) is 15.4. The molecular formula is C20H20ClN3O2. The van der Waals surface area contributed by atoms with Crippen LogP contribution in [-0.4, -0.2) is 21.8 Å². The van der Waals surface area contributed by atoms with Gasteiger partial charge in [-0.2, -0.15) is 5.10 Å². The molecule has 5 nitrogen and oxygen atoms in total. The van der Waals surface area contributed by atoms with Crippen molar-refractivity contribution in [2.24, 2.45) is 0 Å². The molecule has 0 saturated carbocycles. The molecule has 26 heavy (non-hydrogen) atoms. The molecule has 1 unspecified atom stereocenters. The van der Waals surface area contributed by atoms with Gasteiger partial charge in [0.2, 0.25) is 0 Å². The molecule has 134 valence electrons. The smallest absolute Gasteiger partial charge is 0.265 e. The van der Waals surface area contributed by atoms with E-state index in [4.69, 9.17) is 16.3 Å². The second-order valence-electron chi connectivity index (χ2n) is 6.06. The molecule has 1 heterocycles. The third-order valence-electron chi connectivity index (χ3n) is 3.91. The maximum atomic E-state index is 12.4. The number of carbonyl (C=O) groups is 1. The van der Waals surface area contributed by atoms with Crippen molar-refractivity contribution in [2.45, 2.75) is 26.5 Å². The Kier molecular flexibility index (Phi) is 5.58. The van der Waals surface area contributed by atoms with Crippen molar-refractivity contribution in [3.63, 3.8) is 0 Å². The summed E-state index contributed by atoms with van der Waals surface area (Å²) >= 11 is 6.01. The number of ether oxygens (including phenoxy) is 1. The number of halogens is 1. The van der Waals surface area contributed by atoms with Gasteiger partial charge in [0, 0.05) is 23.1 Å². The van der Waals surface area contributed by atoms with E-state index in [1.165, 1.54) is 0 Å². The molecule has 0 aliphatic carbocycles. The van der Waals surface area contributed by atoms with Crippen LogP contribution >= 0.6 is 11.6 Å². The summed E-state index contributed by atoms with van der Waals surface area (Å²) in [7, 11) is 0. The number of anilines is 1. The Morgan fingerprint density at radius 2 is 2.12 bits per heavy atom. The van der Waals surface area contributed by atoms with E-state index in [1.807, 2.05) is 54.2 Å². The number of amides is 1. The van der Waals surface area contributed by atoms with Crippen LogP contribution in [0.2, 0.25) is 5.02 Å². The van der Waals surface area contributed by atoms with E-state index < -0.39 is 6.10 Å². The van der Waals surface area contributed by atoms with Gasteiger partial charge >= 0.3 is 0 Å². The van der Waals surface area contributed by atoms with Gasteiger partial charge in [-0.1, -0.05) is 23.7 Å². The number of rotatable bonds is 6. The molecular weight excluding hydrogens is 350 g/mol. The summed E-state index contributed by atoms with van der Waals surface area (Å²) in [5, 5.41) is 7.75. The molecule has 1 amide bonds. The Morgan fingerprint density at radius 1 is 1.27 bits per heavy atom. The number of nitrogens with zero attached hydrogens (tertiary/aromatic N) is 2. The van der Waals surface area contributed by atoms with E-state index >= 15 is 0 Å². The summed E-state index contributed by atoms with van der Waals surface area (Å²) in [4.78, 5) is 12.4. The first-order valence-corrected chi connectivity index (χ1v) is 8.69. The van der Waals surface area contributed by atoms with Crippen molar-refractivity contribution in [2.75, 3.05) is 5.32 Å². The summed E-state index contributed by atoms with van der Waals surface area (Å²) in [6, 6.07) is 14.9. The lowest BCUT2D eigenvalue weighted by Gasteiger charge is -2.16. The van der Waals surface area contributed by atoms with Crippen LogP contribution in [0.1, 0.15) is 18.1 Å². The van der Waals surface area contributed by atoms with Crippen LogP contribution in [0, 0.1) is 6.92 Å². The van der Waals surface area contributed by atoms with Crippen molar-refractivity contribution < 1.29 is 9.53 Å². The summed E-state index contributed by atoms with van der Waals surface area (Å²) in [6.45, 7) is 4.25. The van der Waals surface area contributed by atoms with Gasteiger partial charge in [-0.3, -0.25) is 9.48 Å². The van der Waals surface area contributed by atoms with E-state index in [0.29, 0.717) is 17.3 Å². The Labute approximate surface area is 157 Å². The van der Waals surface area contributed by atoms with Gasteiger partial charge in [0.1, 0.15) is 5.75 Å². The maximum absolute atomic E-state index is 12.4. The van der Waals surface area contributed by atoms with E-state index in [9.17, 15) is 4.79 Å². The summed E-state index contributed by atoms with van der Waals surface area (Å²) in [5.74, 6) is 0.399. The van der Waals surface area contributed by atoms with Gasteiger partial charge in [-0.25, -0.2) is 0 Å². The molecule has 1 N–H and O–H groups in total. The van der Waals surface area contributed by atoms with Crippen LogP contribution in [-0.2, 0) is 11.3 Å². The highest BCUT2D eigenvalue weighted by atomic mass is 35.5. The Balaban J connectivity index is 1.62. The molecule has 1 aromatic heterocycles. The van der Waals surface area contributed by atoms with Crippen LogP contribution in [0.3, 0.4) is 0 Å². The van der Waals surface area contributed by atoms with Crippen molar-refractivity contribution in [1.29, 1.82) is 0 Å². The number of aromatic nitrogens is 2. The maximum Gasteiger partial charge on any atom is 0.265 e. The zero-order valence-electron chi connectivity index (χ0n) is 14.6. The molecule has 3 rings (SSSR count). The summed E-state index contributed by atoms with van der Waals surface area (Å²) in [5.41, 5.74) is 2.68. The molecule has 2 aromatic carbocycles. The minimum atomic E-state index is -0.634. The number of hydrogen-bond acceptors (Lipinski definition) is 3. The molecule has 0 aliphatic rings. The number of hydrogen-bond donors (Lipinski definition) is 1. The van der Waals surface area contributed by atoms with Gasteiger partial charge in [0.25, 0.3) is 5.91 Å². The fraction of sp³-hybridized carbons (Fsp3) is 0.200. The van der Waals surface area contributed by atoms with Crippen molar-refractivity contribution in [3.05, 3.63) is 77.1 Å². The van der Waals surface area contributed by atoms with Crippen molar-refractivity contribution in [3.8, 4) is 5.75 Å². The highest BCUT2D eigenvalue weighted by Crippen LogP contribution is 2.22. The third kappa shape index (κ3) is 4.64. The highest BCUT2D eigenvalue weighted by molar-refractivity contribution is 6.31. The number of carbonyl (C=O) groups excluding carboxylic acids is 1. The van der Waals surface area contributed by atoms with E-state index in [0.717, 1.165) is 16.8 Å². The summed E-state index contributed by atoms with van der Waals surface area (Å²) in [6.07, 6.45) is 3.00. The Hall–Kier alpha value is -2.79. The van der Waals surface area contributed by atoms with Gasteiger partial charge in [0.05, 0.1) is 6.54 Å². The minimum absolute atomic E-state index is 0.214. The monoisotopic (exact) mass is 369 g/mol. The average molecular weight is 370 g/mol. The molecule has 0 saturated heterocycles. The van der Waals surface area contributed by atoms with E-state index in [2.05, 4.69) is 10.4 Å². The van der Waals surface area contributed by atoms with Crippen LogP contribution in [0.15, 0.2) is 60.9 Å². The molecule has 1 atom stereocenters. The predicted molar refractivity (Wildman–Crippen MR) is 103 cm³/mol. The normalized spacial score (nSPS) is 11.8. The fourth-order valence-corrected chi connectivity index (χ4v) is 2.64. The zero-order chi connectivity index (χ0) is 18.5. The predicted octanol–water partition coefficient (Wildman–Crippen LogP) is 4.30. The molecule has 0 bridgehead atoms. The lowest BCUT2D eigenvalue weighted by atomic mass is 10.2. The Morgan fingerprint density at radius 3 is 2.85 bits per heavy atom. The van der Waals surface area contributed by atoms with Crippen LogP contribution in [0.4, 0.5) is 5.69 Å². The molecule has 0 fully saturated rings. The highest BCUT2D eigenvalue weighted by Gasteiger charge is 2.15. The van der Waals surface area contributed by atoms with Gasteiger partial charge in [-0.15, -0.1) is 0 Å². The molecule has 0 radical (unpaired) electrons. The number of benzene rings is 2. The lowest BCUT2D eigenvalue weighted by Crippen LogP contribution is -2.30. The first-order chi connectivity index (χ1) is 12.5. The standard InChI is InChI=1S/C20H20ClN3O2/c1-14-11-18(7-8-19(14)21)26-15(2)20(25)23-17-6-3-5-16(12-17)13-24-10-4-9-22-24/h3-12,15H,13H2,1-2H3,(H,23,25). The first kappa shape index (κ1) is 18.0. The van der Waals surface area contributed by atoms with Gasteiger partial charge in [0.15, 0.2) is 6.10 Å². The molecule has 0 aliphatic heterocycles. The van der Waals surface area contributed by atoms with Gasteiger partial charge in [-0.05, 0) is 61.4 Å². The second-order valence-corrected chi connectivity index (χ2v) is 6.47. The molecule has 3 aromatic rings. The minimum Gasteiger partial charge on any atom is -0.481 e. The van der Waals surface area contributed by atoms with Crippen LogP contribution in [0.25, 0.3) is 0 Å². The van der Waals surface area contributed by atoms with Crippen molar-refractivity contribution in [1.82, 2.24) is 9.78 Å². The van der Waals surface area contributed by atoms with Crippen LogP contribution in [0.5, 0.6) is 5.75 Å². The average Bonchev–Trinajstić information content (AvgIpc) is 3.11. The number of nitrogens with one attached hydrogen (secondary N) is 1. The topological polar surface area (TPSA) is 56.1 Å². The van der Waals surface area contributed by atoms with Gasteiger partial charge < -0.3 is 10.1 Å². The molecule has 6 heteroatoms. The third-order valence-corrected chi connectivity index (χ3v) is 4.33. The van der Waals surface area contributed by atoms with E-state index in [1.54, 1.807) is 25.3 Å². The molecule has 0 spiro atoms. The largest absolute Gasteiger partial charge is 0.481 e. The lowest BCUT2D eigenvalue weighted by molar-refractivity contribution is -0.122. The fourth-order valence-electron chi connectivity index (χ4n) is 2.52. The summed E-state index contributed by atoms with van der Waals surface area (Å²) < 4.78 is 7.54. The van der Waals surface area contributed by atoms with Crippen LogP contribution < -0.4 is 10.1 Å². The SMILES string of the molecule is Cc1cc(OC(C)C(=O)Nc2cccc(Cn3cccn3)c2)ccc1Cl. The second kappa shape index (κ2) is 8.06.